The summed E-state index contributed by atoms with van der Waals surface area (Å²) in [5.41, 5.74) is 1.17. The van der Waals surface area contributed by atoms with Gasteiger partial charge in [-0.1, -0.05) is 22.0 Å². The van der Waals surface area contributed by atoms with Crippen molar-refractivity contribution in [3.05, 3.63) is 40.9 Å². The molecule has 0 saturated carbocycles. The average molecular weight is 284 g/mol. The Hall–Kier alpha value is -0.800. The predicted octanol–water partition coefficient (Wildman–Crippen LogP) is 3.68. The minimum atomic E-state index is 0.274. The minimum Gasteiger partial charge on any atom is -0.493 e. The largest absolute Gasteiger partial charge is 0.493 e. The first-order chi connectivity index (χ1) is 7.69. The molecule has 0 fully saturated rings. The highest BCUT2D eigenvalue weighted by atomic mass is 79.9. The van der Waals surface area contributed by atoms with Crippen LogP contribution in [0.1, 0.15) is 24.9 Å². The third-order valence-corrected chi connectivity index (χ3v) is 2.94. The molecule has 0 heterocycles. The highest BCUT2D eigenvalue weighted by Crippen LogP contribution is 2.28. The number of halogens is 1. The van der Waals surface area contributed by atoms with Crippen molar-refractivity contribution in [3.63, 3.8) is 0 Å². The molecule has 3 heteroatoms. The summed E-state index contributed by atoms with van der Waals surface area (Å²) in [5, 5.41) is 3.22. The first kappa shape index (κ1) is 13.3. The van der Waals surface area contributed by atoms with Crippen molar-refractivity contribution in [2.45, 2.75) is 19.4 Å². The van der Waals surface area contributed by atoms with Crippen molar-refractivity contribution in [3.8, 4) is 5.75 Å². The van der Waals surface area contributed by atoms with Crippen molar-refractivity contribution in [2.24, 2.45) is 0 Å². The van der Waals surface area contributed by atoms with Crippen LogP contribution in [0.25, 0.3) is 0 Å². The highest BCUT2D eigenvalue weighted by Gasteiger charge is 2.10. The maximum atomic E-state index is 5.72. The summed E-state index contributed by atoms with van der Waals surface area (Å²) in [5.74, 6) is 0.937. The molecular formula is C13H18BrNO. The molecule has 0 aliphatic heterocycles. The second-order valence-electron chi connectivity index (χ2n) is 3.62. The second-order valence-corrected chi connectivity index (χ2v) is 4.53. The number of nitrogens with one attached hydrogen (secondary N) is 1. The Labute approximate surface area is 106 Å². The smallest absolute Gasteiger partial charge is 0.124 e. The molecule has 1 aromatic rings. The third-order valence-electron chi connectivity index (χ3n) is 2.45. The lowest BCUT2D eigenvalue weighted by atomic mass is 10.1. The number of hydrogen-bond acceptors (Lipinski definition) is 2. The molecule has 1 atom stereocenters. The third kappa shape index (κ3) is 3.65. The molecule has 1 rings (SSSR count). The van der Waals surface area contributed by atoms with Gasteiger partial charge in [-0.2, -0.15) is 0 Å². The average Bonchev–Trinajstić information content (AvgIpc) is 2.30. The van der Waals surface area contributed by atoms with Gasteiger partial charge in [-0.15, -0.1) is 6.58 Å². The Balaban J connectivity index is 2.84. The monoisotopic (exact) mass is 283 g/mol. The van der Waals surface area contributed by atoms with E-state index in [4.69, 9.17) is 4.74 Å². The van der Waals surface area contributed by atoms with Gasteiger partial charge < -0.3 is 10.1 Å². The van der Waals surface area contributed by atoms with Crippen LogP contribution < -0.4 is 10.1 Å². The lowest BCUT2D eigenvalue weighted by Gasteiger charge is -2.16. The fourth-order valence-corrected chi connectivity index (χ4v) is 1.78. The molecule has 0 spiro atoms. The summed E-state index contributed by atoms with van der Waals surface area (Å²) < 4.78 is 6.79. The van der Waals surface area contributed by atoms with Crippen LogP contribution in [-0.2, 0) is 0 Å². The first-order valence-corrected chi connectivity index (χ1v) is 6.18. The van der Waals surface area contributed by atoms with Crippen molar-refractivity contribution >= 4 is 15.9 Å². The summed E-state index contributed by atoms with van der Waals surface area (Å²) in [6, 6.07) is 6.35. The van der Waals surface area contributed by atoms with E-state index in [1.165, 1.54) is 5.56 Å². The van der Waals surface area contributed by atoms with E-state index in [2.05, 4.69) is 40.8 Å². The minimum absolute atomic E-state index is 0.274. The van der Waals surface area contributed by atoms with Gasteiger partial charge in [-0.3, -0.25) is 0 Å². The zero-order chi connectivity index (χ0) is 12.0. The molecule has 0 radical (unpaired) electrons. The number of rotatable bonds is 6. The molecule has 0 aliphatic carbocycles. The van der Waals surface area contributed by atoms with E-state index in [9.17, 15) is 0 Å². The maximum Gasteiger partial charge on any atom is 0.124 e. The zero-order valence-electron chi connectivity index (χ0n) is 9.79. The van der Waals surface area contributed by atoms with Gasteiger partial charge in [-0.25, -0.2) is 0 Å². The molecule has 0 amide bonds. The van der Waals surface area contributed by atoms with E-state index in [1.54, 1.807) is 0 Å². The Kier molecular flexibility index (Phi) is 5.56. The maximum absolute atomic E-state index is 5.72. The zero-order valence-corrected chi connectivity index (χ0v) is 11.4. The highest BCUT2D eigenvalue weighted by molar-refractivity contribution is 9.10. The van der Waals surface area contributed by atoms with Gasteiger partial charge in [0.15, 0.2) is 0 Å². The molecule has 0 aliphatic rings. The Bertz CT molecular complexity index is 352. The Morgan fingerprint density at radius 2 is 2.31 bits per heavy atom. The van der Waals surface area contributed by atoms with Gasteiger partial charge in [-0.05, 0) is 38.6 Å². The van der Waals surface area contributed by atoms with Crippen molar-refractivity contribution in [2.75, 3.05) is 13.7 Å². The van der Waals surface area contributed by atoms with E-state index in [1.807, 2.05) is 25.3 Å². The van der Waals surface area contributed by atoms with Crippen molar-refractivity contribution < 1.29 is 4.74 Å². The molecule has 1 N–H and O–H groups in total. The van der Waals surface area contributed by atoms with E-state index < -0.39 is 0 Å². The van der Waals surface area contributed by atoms with Gasteiger partial charge in [0.1, 0.15) is 5.75 Å². The van der Waals surface area contributed by atoms with Crippen molar-refractivity contribution in [1.82, 2.24) is 5.32 Å². The summed E-state index contributed by atoms with van der Waals surface area (Å²) in [6.07, 6.45) is 2.73. The number of benzene rings is 1. The van der Waals surface area contributed by atoms with E-state index in [0.717, 1.165) is 16.6 Å². The molecule has 16 heavy (non-hydrogen) atoms. The number of ether oxygens (including phenoxy) is 1. The van der Waals surface area contributed by atoms with Gasteiger partial charge in [0, 0.05) is 16.1 Å². The molecule has 88 valence electrons. The van der Waals surface area contributed by atoms with E-state index in [0.29, 0.717) is 6.61 Å². The fourth-order valence-electron chi connectivity index (χ4n) is 1.40. The van der Waals surface area contributed by atoms with Gasteiger partial charge in [0.25, 0.3) is 0 Å². The molecule has 1 aromatic carbocycles. The van der Waals surface area contributed by atoms with Crippen molar-refractivity contribution in [1.29, 1.82) is 0 Å². The Morgan fingerprint density at radius 1 is 1.56 bits per heavy atom. The predicted molar refractivity (Wildman–Crippen MR) is 71.9 cm³/mol. The van der Waals surface area contributed by atoms with Crippen LogP contribution in [0.5, 0.6) is 5.75 Å². The van der Waals surface area contributed by atoms with Gasteiger partial charge >= 0.3 is 0 Å². The summed E-state index contributed by atoms with van der Waals surface area (Å²) >= 11 is 3.48. The quantitative estimate of drug-likeness (QED) is 0.635. The molecule has 0 aromatic heterocycles. The molecule has 2 nitrogen and oxygen atoms in total. The van der Waals surface area contributed by atoms with E-state index in [-0.39, 0.29) is 6.04 Å². The Morgan fingerprint density at radius 3 is 2.94 bits per heavy atom. The SMILES string of the molecule is C=CCCOc1ccc(Br)cc1C(C)NC. The number of hydrogen-bond donors (Lipinski definition) is 1. The molecule has 0 saturated heterocycles. The van der Waals surface area contributed by atoms with Crippen LogP contribution >= 0.6 is 15.9 Å². The summed E-state index contributed by atoms with van der Waals surface area (Å²) in [7, 11) is 1.94. The molecule has 0 bridgehead atoms. The fraction of sp³-hybridized carbons (Fsp3) is 0.385. The van der Waals surface area contributed by atoms with Crippen LogP contribution in [-0.4, -0.2) is 13.7 Å². The van der Waals surface area contributed by atoms with Gasteiger partial charge in [0.2, 0.25) is 0 Å². The van der Waals surface area contributed by atoms with E-state index >= 15 is 0 Å². The normalized spacial score (nSPS) is 12.2. The lowest BCUT2D eigenvalue weighted by molar-refractivity contribution is 0.318. The van der Waals surface area contributed by atoms with Gasteiger partial charge in [0.05, 0.1) is 6.61 Å². The lowest BCUT2D eigenvalue weighted by Crippen LogP contribution is -2.14. The van der Waals surface area contributed by atoms with Crippen LogP contribution in [0.2, 0.25) is 0 Å². The first-order valence-electron chi connectivity index (χ1n) is 5.39. The topological polar surface area (TPSA) is 21.3 Å². The second kappa shape index (κ2) is 6.71. The molecule has 1 unspecified atom stereocenters. The summed E-state index contributed by atoms with van der Waals surface area (Å²) in [4.78, 5) is 0. The van der Waals surface area contributed by atoms with Crippen LogP contribution in [0.3, 0.4) is 0 Å². The summed E-state index contributed by atoms with van der Waals surface area (Å²) in [6.45, 7) is 6.47. The van der Waals surface area contributed by atoms with Crippen LogP contribution in [0, 0.1) is 0 Å². The van der Waals surface area contributed by atoms with Crippen LogP contribution in [0.15, 0.2) is 35.3 Å². The van der Waals surface area contributed by atoms with Crippen LogP contribution in [0.4, 0.5) is 0 Å². The standard InChI is InChI=1S/C13H18BrNO/c1-4-5-8-16-13-7-6-11(14)9-12(13)10(2)15-3/h4,6-7,9-10,15H,1,5,8H2,2-3H3. The molecular weight excluding hydrogens is 266 g/mol.